The lowest BCUT2D eigenvalue weighted by molar-refractivity contribution is -0.110. The molecule has 0 heterocycles. The number of rotatable bonds is 6. The minimum absolute atomic E-state index is 0.413. The average Bonchev–Trinajstić information content (AvgIpc) is 2.36. The van der Waals surface area contributed by atoms with Crippen molar-refractivity contribution in [2.24, 2.45) is 5.92 Å². The van der Waals surface area contributed by atoms with E-state index in [2.05, 4.69) is 30.1 Å². The molecule has 2 heteroatoms. The fraction of sp³-hybridized carbons (Fsp3) is 0.533. The van der Waals surface area contributed by atoms with Crippen molar-refractivity contribution in [1.82, 2.24) is 5.32 Å². The van der Waals surface area contributed by atoms with Crippen LogP contribution in [0.1, 0.15) is 39.0 Å². The maximum absolute atomic E-state index is 10.3. The van der Waals surface area contributed by atoms with Gasteiger partial charge < -0.3 is 5.32 Å². The molecule has 0 unspecified atom stereocenters. The molecule has 0 saturated heterocycles. The predicted octanol–water partition coefficient (Wildman–Crippen LogP) is 3.37. The van der Waals surface area contributed by atoms with Crippen molar-refractivity contribution in [2.75, 3.05) is 0 Å². The van der Waals surface area contributed by atoms with Gasteiger partial charge in [0.25, 0.3) is 0 Å². The summed E-state index contributed by atoms with van der Waals surface area (Å²) in [6, 6.07) is 0.413. The van der Waals surface area contributed by atoms with E-state index in [0.717, 1.165) is 31.6 Å². The van der Waals surface area contributed by atoms with Crippen molar-refractivity contribution in [3.05, 3.63) is 36.5 Å². The van der Waals surface area contributed by atoms with Crippen LogP contribution in [0.3, 0.4) is 0 Å². The van der Waals surface area contributed by atoms with Crippen LogP contribution in [0.2, 0.25) is 0 Å². The second-order valence-corrected chi connectivity index (χ2v) is 4.78. The Morgan fingerprint density at radius 2 is 2.06 bits per heavy atom. The smallest absolute Gasteiger partial charge is 0.207 e. The number of carbonyl (C=O) groups excluding carboxylic acids is 1. The summed E-state index contributed by atoms with van der Waals surface area (Å²) in [5, 5.41) is 2.88. The van der Waals surface area contributed by atoms with Gasteiger partial charge >= 0.3 is 0 Å². The molecule has 1 N–H and O–H groups in total. The molecule has 2 nitrogen and oxygen atoms in total. The minimum Gasteiger partial charge on any atom is -0.356 e. The van der Waals surface area contributed by atoms with E-state index in [1.807, 2.05) is 13.0 Å². The fourth-order valence-corrected chi connectivity index (χ4v) is 2.22. The molecule has 1 aliphatic rings. The molecule has 1 fully saturated rings. The van der Waals surface area contributed by atoms with Gasteiger partial charge in [0.05, 0.1) is 0 Å². The molecule has 0 aliphatic heterocycles. The van der Waals surface area contributed by atoms with Gasteiger partial charge in [-0.25, -0.2) is 0 Å². The largest absolute Gasteiger partial charge is 0.356 e. The van der Waals surface area contributed by atoms with Gasteiger partial charge in [-0.05, 0) is 44.9 Å². The SMILES string of the molecule is C=C/C(C)=C\C=C\CC1CCC(NC=O)CC1. The second kappa shape index (κ2) is 7.88. The van der Waals surface area contributed by atoms with E-state index in [1.165, 1.54) is 18.4 Å². The Hall–Kier alpha value is -1.31. The Labute approximate surface area is 104 Å². The average molecular weight is 233 g/mol. The first-order valence-electron chi connectivity index (χ1n) is 6.41. The van der Waals surface area contributed by atoms with Gasteiger partial charge in [0.1, 0.15) is 0 Å². The summed E-state index contributed by atoms with van der Waals surface area (Å²) in [4.78, 5) is 10.3. The fourth-order valence-electron chi connectivity index (χ4n) is 2.22. The maximum Gasteiger partial charge on any atom is 0.207 e. The molecule has 0 aromatic carbocycles. The van der Waals surface area contributed by atoms with E-state index in [9.17, 15) is 4.79 Å². The zero-order valence-corrected chi connectivity index (χ0v) is 10.7. The minimum atomic E-state index is 0.413. The van der Waals surface area contributed by atoms with Crippen LogP contribution in [-0.4, -0.2) is 12.5 Å². The van der Waals surface area contributed by atoms with Crippen LogP contribution in [0.15, 0.2) is 36.5 Å². The van der Waals surface area contributed by atoms with Gasteiger partial charge in [-0.15, -0.1) is 0 Å². The van der Waals surface area contributed by atoms with E-state index < -0.39 is 0 Å². The normalized spacial score (nSPS) is 25.8. The predicted molar refractivity (Wildman–Crippen MR) is 72.7 cm³/mol. The Kier molecular flexibility index (Phi) is 6.38. The molecule has 0 radical (unpaired) electrons. The van der Waals surface area contributed by atoms with Crippen LogP contribution < -0.4 is 5.32 Å². The Morgan fingerprint density at radius 1 is 1.35 bits per heavy atom. The lowest BCUT2D eigenvalue weighted by atomic mass is 9.84. The van der Waals surface area contributed by atoms with Gasteiger partial charge in [0.2, 0.25) is 6.41 Å². The van der Waals surface area contributed by atoms with Crippen molar-refractivity contribution in [1.29, 1.82) is 0 Å². The van der Waals surface area contributed by atoms with Crippen molar-refractivity contribution in [3.8, 4) is 0 Å². The van der Waals surface area contributed by atoms with Crippen molar-refractivity contribution in [3.63, 3.8) is 0 Å². The van der Waals surface area contributed by atoms with Crippen molar-refractivity contribution in [2.45, 2.75) is 45.1 Å². The van der Waals surface area contributed by atoms with Gasteiger partial charge in [-0.2, -0.15) is 0 Å². The molecule has 0 aromatic rings. The topological polar surface area (TPSA) is 29.1 Å². The highest BCUT2D eigenvalue weighted by Crippen LogP contribution is 2.26. The molecular formula is C15H23NO. The Morgan fingerprint density at radius 3 is 2.65 bits per heavy atom. The first-order chi connectivity index (χ1) is 8.26. The summed E-state index contributed by atoms with van der Waals surface area (Å²) < 4.78 is 0. The quantitative estimate of drug-likeness (QED) is 0.553. The third-order valence-corrected chi connectivity index (χ3v) is 3.44. The zero-order valence-electron chi connectivity index (χ0n) is 10.7. The van der Waals surface area contributed by atoms with Gasteiger partial charge in [0, 0.05) is 6.04 Å². The van der Waals surface area contributed by atoms with Crippen LogP contribution in [0, 0.1) is 5.92 Å². The lowest BCUT2D eigenvalue weighted by Crippen LogP contribution is -2.31. The van der Waals surface area contributed by atoms with Crippen LogP contribution in [0.4, 0.5) is 0 Å². The standard InChI is InChI=1S/C15H23NO/c1-3-13(2)6-4-5-7-14-8-10-15(11-9-14)16-12-17/h3-6,12,14-15H,1,7-11H2,2H3,(H,16,17)/b5-4+,13-6-. The maximum atomic E-state index is 10.3. The molecule has 1 aliphatic carbocycles. The van der Waals surface area contributed by atoms with E-state index in [4.69, 9.17) is 0 Å². The summed E-state index contributed by atoms with van der Waals surface area (Å²) in [6.45, 7) is 5.77. The summed E-state index contributed by atoms with van der Waals surface area (Å²) in [5.74, 6) is 0.786. The van der Waals surface area contributed by atoms with Crippen LogP contribution in [0.5, 0.6) is 0 Å². The Bertz CT molecular complexity index is 296. The van der Waals surface area contributed by atoms with E-state index in [1.54, 1.807) is 0 Å². The highest BCUT2D eigenvalue weighted by molar-refractivity contribution is 5.46. The molecule has 1 saturated carbocycles. The summed E-state index contributed by atoms with van der Waals surface area (Å²) in [7, 11) is 0. The van der Waals surface area contributed by atoms with Crippen LogP contribution >= 0.6 is 0 Å². The number of carbonyl (C=O) groups is 1. The molecule has 17 heavy (non-hydrogen) atoms. The third-order valence-electron chi connectivity index (χ3n) is 3.44. The molecule has 94 valence electrons. The molecule has 1 rings (SSSR count). The summed E-state index contributed by atoms with van der Waals surface area (Å²) in [5.41, 5.74) is 1.19. The monoisotopic (exact) mass is 233 g/mol. The first-order valence-corrected chi connectivity index (χ1v) is 6.41. The third kappa shape index (κ3) is 5.53. The van der Waals surface area contributed by atoms with Crippen molar-refractivity contribution < 1.29 is 4.79 Å². The van der Waals surface area contributed by atoms with Gasteiger partial charge in [0.15, 0.2) is 0 Å². The molecule has 1 amide bonds. The molecular weight excluding hydrogens is 210 g/mol. The summed E-state index contributed by atoms with van der Waals surface area (Å²) in [6.07, 6.45) is 15.0. The lowest BCUT2D eigenvalue weighted by Gasteiger charge is -2.27. The summed E-state index contributed by atoms with van der Waals surface area (Å²) >= 11 is 0. The first kappa shape index (κ1) is 13.8. The van der Waals surface area contributed by atoms with Gasteiger partial charge in [-0.3, -0.25) is 4.79 Å². The number of hydrogen-bond donors (Lipinski definition) is 1. The number of amides is 1. The van der Waals surface area contributed by atoms with E-state index in [0.29, 0.717) is 6.04 Å². The highest BCUT2D eigenvalue weighted by atomic mass is 16.1. The Balaban J connectivity index is 2.22. The van der Waals surface area contributed by atoms with Crippen LogP contribution in [0.25, 0.3) is 0 Å². The zero-order chi connectivity index (χ0) is 12.5. The van der Waals surface area contributed by atoms with Crippen LogP contribution in [-0.2, 0) is 4.79 Å². The molecule has 0 spiro atoms. The number of hydrogen-bond acceptors (Lipinski definition) is 1. The number of allylic oxidation sites excluding steroid dienone is 5. The second-order valence-electron chi connectivity index (χ2n) is 4.78. The van der Waals surface area contributed by atoms with Crippen molar-refractivity contribution >= 4 is 6.41 Å². The highest BCUT2D eigenvalue weighted by Gasteiger charge is 2.19. The van der Waals surface area contributed by atoms with E-state index >= 15 is 0 Å². The van der Waals surface area contributed by atoms with Gasteiger partial charge in [-0.1, -0.05) is 36.5 Å². The van der Waals surface area contributed by atoms with E-state index in [-0.39, 0.29) is 0 Å². The molecule has 0 aromatic heterocycles. The number of nitrogens with one attached hydrogen (secondary N) is 1. The molecule has 0 bridgehead atoms. The molecule has 0 atom stereocenters.